The van der Waals surface area contributed by atoms with Crippen molar-refractivity contribution in [3.8, 4) is 5.75 Å². The summed E-state index contributed by atoms with van der Waals surface area (Å²) >= 11 is 5.81. The quantitative estimate of drug-likeness (QED) is 0.840. The van der Waals surface area contributed by atoms with Gasteiger partial charge in [-0.25, -0.2) is 8.42 Å². The molecule has 0 fully saturated rings. The topological polar surface area (TPSA) is 98.5 Å². The number of hydrogen-bond acceptors (Lipinski definition) is 4. The summed E-state index contributed by atoms with van der Waals surface area (Å²) in [5.74, 6) is -0.264. The molecule has 2 aromatic rings. The van der Waals surface area contributed by atoms with Crippen LogP contribution in [0.15, 0.2) is 53.4 Å². The van der Waals surface area contributed by atoms with Crippen LogP contribution in [0.1, 0.15) is 0 Å². The molecule has 0 unspecified atom stereocenters. The van der Waals surface area contributed by atoms with Gasteiger partial charge in [0.2, 0.25) is 0 Å². The van der Waals surface area contributed by atoms with Crippen LogP contribution in [0.25, 0.3) is 0 Å². The van der Waals surface area contributed by atoms with Crippen LogP contribution in [0.5, 0.6) is 5.75 Å². The Labute approximate surface area is 132 Å². The van der Waals surface area contributed by atoms with Crippen molar-refractivity contribution < 1.29 is 17.9 Å². The first-order valence-electron chi connectivity index (χ1n) is 6.16. The number of anilines is 1. The Kier molecular flexibility index (Phi) is 4.89. The number of halogens is 1. The first-order chi connectivity index (χ1) is 10.4. The summed E-state index contributed by atoms with van der Waals surface area (Å²) in [6.07, 6.45) is 0. The predicted octanol–water partition coefficient (Wildman–Crippen LogP) is 2.00. The Morgan fingerprint density at radius 2 is 1.86 bits per heavy atom. The van der Waals surface area contributed by atoms with Crippen molar-refractivity contribution in [1.82, 2.24) is 0 Å². The second-order valence-electron chi connectivity index (χ2n) is 4.34. The first-order valence-corrected chi connectivity index (χ1v) is 8.02. The van der Waals surface area contributed by atoms with Gasteiger partial charge in [-0.15, -0.1) is 0 Å². The van der Waals surface area contributed by atoms with Crippen LogP contribution < -0.4 is 15.2 Å². The lowest BCUT2D eigenvalue weighted by Crippen LogP contribution is -2.20. The SMILES string of the molecule is NC(=O)COc1ccc(S(=O)(=O)Nc2cccc(Cl)c2)cc1. The smallest absolute Gasteiger partial charge is 0.261 e. The number of benzene rings is 2. The number of amides is 1. The number of hydrogen-bond donors (Lipinski definition) is 2. The van der Waals surface area contributed by atoms with Crippen LogP contribution in [0.4, 0.5) is 5.69 Å². The molecule has 116 valence electrons. The van der Waals surface area contributed by atoms with E-state index in [0.717, 1.165) is 0 Å². The van der Waals surface area contributed by atoms with E-state index in [1.54, 1.807) is 18.2 Å². The maximum Gasteiger partial charge on any atom is 0.261 e. The number of primary amides is 1. The van der Waals surface area contributed by atoms with E-state index < -0.39 is 15.9 Å². The zero-order chi connectivity index (χ0) is 16.2. The van der Waals surface area contributed by atoms with Gasteiger partial charge in [-0.3, -0.25) is 9.52 Å². The van der Waals surface area contributed by atoms with Gasteiger partial charge in [0.15, 0.2) is 6.61 Å². The molecule has 0 saturated heterocycles. The molecule has 6 nitrogen and oxygen atoms in total. The van der Waals surface area contributed by atoms with Crippen molar-refractivity contribution in [3.63, 3.8) is 0 Å². The van der Waals surface area contributed by atoms with E-state index in [0.29, 0.717) is 16.5 Å². The van der Waals surface area contributed by atoms with Crippen LogP contribution >= 0.6 is 11.6 Å². The Balaban J connectivity index is 2.14. The van der Waals surface area contributed by atoms with E-state index in [9.17, 15) is 13.2 Å². The van der Waals surface area contributed by atoms with Crippen molar-refractivity contribution in [1.29, 1.82) is 0 Å². The fourth-order valence-electron chi connectivity index (χ4n) is 1.64. The molecule has 0 radical (unpaired) electrons. The van der Waals surface area contributed by atoms with Gasteiger partial charge in [0.1, 0.15) is 5.75 Å². The lowest BCUT2D eigenvalue weighted by Gasteiger charge is -2.09. The number of carbonyl (C=O) groups excluding carboxylic acids is 1. The third-order valence-corrected chi connectivity index (χ3v) is 4.22. The fraction of sp³-hybridized carbons (Fsp3) is 0.0714. The van der Waals surface area contributed by atoms with Crippen LogP contribution in [0.2, 0.25) is 5.02 Å². The molecule has 22 heavy (non-hydrogen) atoms. The molecule has 0 saturated carbocycles. The Hall–Kier alpha value is -2.25. The molecular weight excluding hydrogens is 328 g/mol. The van der Waals surface area contributed by atoms with Crippen LogP contribution in [0, 0.1) is 0 Å². The van der Waals surface area contributed by atoms with E-state index in [1.165, 1.54) is 30.3 Å². The zero-order valence-electron chi connectivity index (χ0n) is 11.3. The van der Waals surface area contributed by atoms with Crippen molar-refractivity contribution >= 4 is 33.2 Å². The molecule has 8 heteroatoms. The molecule has 0 bridgehead atoms. The van der Waals surface area contributed by atoms with Crippen LogP contribution in [-0.2, 0) is 14.8 Å². The minimum atomic E-state index is -3.73. The summed E-state index contributed by atoms with van der Waals surface area (Å²) in [5.41, 5.74) is 5.32. The van der Waals surface area contributed by atoms with E-state index in [4.69, 9.17) is 22.1 Å². The average molecular weight is 341 g/mol. The van der Waals surface area contributed by atoms with Gasteiger partial charge in [0.05, 0.1) is 10.6 Å². The molecule has 0 heterocycles. The molecule has 0 atom stereocenters. The minimum absolute atomic E-state index is 0.0545. The molecule has 1 amide bonds. The molecule has 0 aliphatic heterocycles. The molecule has 0 aromatic heterocycles. The molecule has 0 spiro atoms. The maximum absolute atomic E-state index is 12.2. The first kappa shape index (κ1) is 16.1. The normalized spacial score (nSPS) is 11.0. The van der Waals surface area contributed by atoms with Gasteiger partial charge in [0, 0.05) is 5.02 Å². The molecule has 2 aromatic carbocycles. The lowest BCUT2D eigenvalue weighted by atomic mass is 10.3. The number of nitrogens with two attached hydrogens (primary N) is 1. The molecule has 0 aliphatic carbocycles. The van der Waals surface area contributed by atoms with Crippen molar-refractivity contribution in [2.45, 2.75) is 4.90 Å². The Bertz CT molecular complexity index is 776. The summed E-state index contributed by atoms with van der Waals surface area (Å²) < 4.78 is 31.9. The van der Waals surface area contributed by atoms with Gasteiger partial charge in [-0.1, -0.05) is 17.7 Å². The molecular formula is C14H13ClN2O4S. The number of rotatable bonds is 6. The van der Waals surface area contributed by atoms with Crippen molar-refractivity contribution in [2.75, 3.05) is 11.3 Å². The summed E-state index contributed by atoms with van der Waals surface area (Å²) in [5, 5.41) is 0.426. The monoisotopic (exact) mass is 340 g/mol. The van der Waals surface area contributed by atoms with Gasteiger partial charge in [0.25, 0.3) is 15.9 Å². The second kappa shape index (κ2) is 6.67. The highest BCUT2D eigenvalue weighted by Gasteiger charge is 2.14. The van der Waals surface area contributed by atoms with Gasteiger partial charge >= 0.3 is 0 Å². The number of ether oxygens (including phenoxy) is 1. The van der Waals surface area contributed by atoms with E-state index in [1.807, 2.05) is 0 Å². The van der Waals surface area contributed by atoms with Crippen molar-refractivity contribution in [3.05, 3.63) is 53.6 Å². The second-order valence-corrected chi connectivity index (χ2v) is 6.46. The number of sulfonamides is 1. The van der Waals surface area contributed by atoms with E-state index in [2.05, 4.69) is 4.72 Å². The number of nitrogens with one attached hydrogen (secondary N) is 1. The molecule has 2 rings (SSSR count). The minimum Gasteiger partial charge on any atom is -0.484 e. The number of carbonyl (C=O) groups is 1. The average Bonchev–Trinajstić information content (AvgIpc) is 2.45. The third kappa shape index (κ3) is 4.37. The molecule has 0 aliphatic rings. The standard InChI is InChI=1S/C14H13ClN2O4S/c15-10-2-1-3-11(8-10)17-22(19,20)13-6-4-12(5-7-13)21-9-14(16)18/h1-8,17H,9H2,(H2,16,18). The fourth-order valence-corrected chi connectivity index (χ4v) is 2.88. The highest BCUT2D eigenvalue weighted by atomic mass is 35.5. The summed E-state index contributed by atoms with van der Waals surface area (Å²) in [6.45, 7) is -0.271. The van der Waals surface area contributed by atoms with Crippen LogP contribution in [-0.4, -0.2) is 20.9 Å². The molecule has 3 N–H and O–H groups in total. The lowest BCUT2D eigenvalue weighted by molar-refractivity contribution is -0.119. The predicted molar refractivity (Wildman–Crippen MR) is 83.4 cm³/mol. The largest absolute Gasteiger partial charge is 0.484 e. The van der Waals surface area contributed by atoms with E-state index >= 15 is 0 Å². The summed E-state index contributed by atoms with van der Waals surface area (Å²) in [4.78, 5) is 10.7. The maximum atomic E-state index is 12.2. The zero-order valence-corrected chi connectivity index (χ0v) is 12.9. The van der Waals surface area contributed by atoms with Gasteiger partial charge < -0.3 is 10.5 Å². The van der Waals surface area contributed by atoms with Crippen LogP contribution in [0.3, 0.4) is 0 Å². The Morgan fingerprint density at radius 1 is 1.18 bits per heavy atom. The van der Waals surface area contributed by atoms with E-state index in [-0.39, 0.29) is 11.5 Å². The highest BCUT2D eigenvalue weighted by Crippen LogP contribution is 2.21. The Morgan fingerprint density at radius 3 is 2.45 bits per heavy atom. The summed E-state index contributed by atoms with van der Waals surface area (Å²) in [6, 6.07) is 12.0. The van der Waals surface area contributed by atoms with Crippen molar-refractivity contribution in [2.24, 2.45) is 5.73 Å². The highest BCUT2D eigenvalue weighted by molar-refractivity contribution is 7.92. The third-order valence-electron chi connectivity index (χ3n) is 2.59. The van der Waals surface area contributed by atoms with Gasteiger partial charge in [-0.2, -0.15) is 0 Å². The summed E-state index contributed by atoms with van der Waals surface area (Å²) in [7, 11) is -3.73. The van der Waals surface area contributed by atoms with Gasteiger partial charge in [-0.05, 0) is 42.5 Å².